The largest absolute Gasteiger partial charge is 0.496 e. The second-order valence-electron chi connectivity index (χ2n) is 4.91. The van der Waals surface area contributed by atoms with Crippen LogP contribution in [0.4, 0.5) is 11.4 Å². The summed E-state index contributed by atoms with van der Waals surface area (Å²) < 4.78 is 5.95. The number of carbonyl (C=O) groups is 1. The summed E-state index contributed by atoms with van der Waals surface area (Å²) in [6.07, 6.45) is 0.837. The summed E-state index contributed by atoms with van der Waals surface area (Å²) in [4.78, 5) is 14.5. The number of anilines is 2. The van der Waals surface area contributed by atoms with E-state index in [4.69, 9.17) is 10.5 Å². The molecule has 0 bridgehead atoms. The van der Waals surface area contributed by atoms with Crippen LogP contribution in [0.5, 0.6) is 5.75 Å². The van der Waals surface area contributed by atoms with Crippen molar-refractivity contribution >= 4 is 33.2 Å². The monoisotopic (exact) mass is 346 g/mol. The third-order valence-electron chi connectivity index (χ3n) is 3.67. The van der Waals surface area contributed by atoms with Crippen LogP contribution in [0.3, 0.4) is 0 Å². The first kappa shape index (κ1) is 13.9. The van der Waals surface area contributed by atoms with Gasteiger partial charge in [-0.05, 0) is 52.2 Å². The Hall–Kier alpha value is -2.01. The number of nitrogens with two attached hydrogens (primary N) is 1. The smallest absolute Gasteiger partial charge is 0.258 e. The molecule has 3 rings (SSSR count). The molecule has 0 spiro atoms. The summed E-state index contributed by atoms with van der Waals surface area (Å²) in [6, 6.07) is 11.1. The number of hydrogen-bond acceptors (Lipinski definition) is 3. The molecular formula is C16H15BrN2O2. The first-order chi connectivity index (χ1) is 10.1. The third-order valence-corrected chi connectivity index (χ3v) is 4.29. The summed E-state index contributed by atoms with van der Waals surface area (Å²) in [5.41, 5.74) is 9.25. The lowest BCUT2D eigenvalue weighted by atomic mass is 10.1. The number of hydrogen-bond donors (Lipinski definition) is 1. The highest BCUT2D eigenvalue weighted by molar-refractivity contribution is 9.10. The summed E-state index contributed by atoms with van der Waals surface area (Å²) in [7, 11) is 1.60. The molecular weight excluding hydrogens is 332 g/mol. The highest BCUT2D eigenvalue weighted by Crippen LogP contribution is 2.35. The Labute approximate surface area is 131 Å². The van der Waals surface area contributed by atoms with Gasteiger partial charge in [-0.1, -0.05) is 12.1 Å². The summed E-state index contributed by atoms with van der Waals surface area (Å²) in [5.74, 6) is 0.655. The van der Waals surface area contributed by atoms with Crippen molar-refractivity contribution in [2.24, 2.45) is 0 Å². The topological polar surface area (TPSA) is 55.6 Å². The van der Waals surface area contributed by atoms with Gasteiger partial charge in [0.1, 0.15) is 5.75 Å². The van der Waals surface area contributed by atoms with Gasteiger partial charge < -0.3 is 15.4 Å². The lowest BCUT2D eigenvalue weighted by molar-refractivity contribution is 0.0989. The van der Waals surface area contributed by atoms with Crippen LogP contribution >= 0.6 is 15.9 Å². The number of methoxy groups -OCH3 is 1. The van der Waals surface area contributed by atoms with E-state index in [1.807, 2.05) is 18.2 Å². The molecule has 0 fully saturated rings. The van der Waals surface area contributed by atoms with Crippen LogP contribution < -0.4 is 15.4 Å². The first-order valence-corrected chi connectivity index (χ1v) is 7.44. The van der Waals surface area contributed by atoms with Crippen LogP contribution in [-0.2, 0) is 6.42 Å². The summed E-state index contributed by atoms with van der Waals surface area (Å²) in [6.45, 7) is 0.659. The Bertz CT molecular complexity index is 715. The molecule has 108 valence electrons. The number of nitrogens with zero attached hydrogens (tertiary/aromatic N) is 1. The summed E-state index contributed by atoms with van der Waals surface area (Å²) in [5, 5.41) is 0. The second-order valence-corrected chi connectivity index (χ2v) is 5.77. The van der Waals surface area contributed by atoms with Crippen LogP contribution in [0.2, 0.25) is 0 Å². The second kappa shape index (κ2) is 5.41. The lowest BCUT2D eigenvalue weighted by Crippen LogP contribution is -2.29. The number of rotatable bonds is 2. The maximum Gasteiger partial charge on any atom is 0.258 e. The van der Waals surface area contributed by atoms with Crippen molar-refractivity contribution in [2.75, 3.05) is 24.3 Å². The molecule has 1 amide bonds. The minimum absolute atomic E-state index is 0.0463. The molecule has 0 aromatic heterocycles. The van der Waals surface area contributed by atoms with E-state index in [2.05, 4.69) is 15.9 Å². The van der Waals surface area contributed by atoms with E-state index < -0.39 is 0 Å². The van der Waals surface area contributed by atoms with Crippen LogP contribution in [0.25, 0.3) is 0 Å². The van der Waals surface area contributed by atoms with E-state index in [9.17, 15) is 4.79 Å². The predicted molar refractivity (Wildman–Crippen MR) is 86.9 cm³/mol. The molecule has 0 atom stereocenters. The van der Waals surface area contributed by atoms with Crippen LogP contribution in [-0.4, -0.2) is 19.6 Å². The maximum atomic E-state index is 12.7. The van der Waals surface area contributed by atoms with Crippen molar-refractivity contribution in [1.82, 2.24) is 0 Å². The highest BCUT2D eigenvalue weighted by atomic mass is 79.9. The van der Waals surface area contributed by atoms with Gasteiger partial charge in [-0.3, -0.25) is 4.79 Å². The predicted octanol–water partition coefficient (Wildman–Crippen LogP) is 3.24. The van der Waals surface area contributed by atoms with E-state index in [-0.39, 0.29) is 5.91 Å². The van der Waals surface area contributed by atoms with Crippen molar-refractivity contribution in [2.45, 2.75) is 6.42 Å². The zero-order valence-corrected chi connectivity index (χ0v) is 13.2. The van der Waals surface area contributed by atoms with Gasteiger partial charge >= 0.3 is 0 Å². The van der Waals surface area contributed by atoms with E-state index >= 15 is 0 Å². The molecule has 0 aliphatic carbocycles. The number of para-hydroxylation sites is 1. The Morgan fingerprint density at radius 3 is 2.86 bits per heavy atom. The van der Waals surface area contributed by atoms with E-state index in [0.717, 1.165) is 22.1 Å². The molecule has 0 saturated carbocycles. The Balaban J connectivity index is 1.96. The van der Waals surface area contributed by atoms with Crippen LogP contribution in [0.15, 0.2) is 40.9 Å². The zero-order valence-electron chi connectivity index (χ0n) is 11.6. The van der Waals surface area contributed by atoms with Crippen LogP contribution in [0, 0.1) is 0 Å². The minimum Gasteiger partial charge on any atom is -0.496 e. The van der Waals surface area contributed by atoms with Gasteiger partial charge in [0.25, 0.3) is 5.91 Å². The molecule has 4 nitrogen and oxygen atoms in total. The van der Waals surface area contributed by atoms with Gasteiger partial charge in [0.05, 0.1) is 23.0 Å². The number of nitrogen functional groups attached to an aromatic ring is 1. The molecule has 2 aromatic carbocycles. The number of halogens is 1. The number of benzene rings is 2. The van der Waals surface area contributed by atoms with Gasteiger partial charge in [-0.25, -0.2) is 0 Å². The van der Waals surface area contributed by atoms with Crippen molar-refractivity contribution in [3.8, 4) is 5.75 Å². The fourth-order valence-corrected chi connectivity index (χ4v) is 3.19. The SMILES string of the molecule is COc1ccc(C(=O)N2CCc3cccc(N)c32)cc1Br. The van der Waals surface area contributed by atoms with E-state index in [1.165, 1.54) is 0 Å². The number of carbonyl (C=O) groups excluding carboxylic acids is 1. The van der Waals surface area contributed by atoms with Gasteiger partial charge in [0, 0.05) is 12.1 Å². The Kier molecular flexibility index (Phi) is 3.59. The molecule has 0 saturated heterocycles. The molecule has 1 aliphatic rings. The Morgan fingerprint density at radius 1 is 1.33 bits per heavy atom. The standard InChI is InChI=1S/C16H15BrN2O2/c1-21-14-6-5-11(9-12(14)17)16(20)19-8-7-10-3-2-4-13(18)15(10)19/h2-6,9H,7-8,18H2,1H3. The quantitative estimate of drug-likeness (QED) is 0.849. The third kappa shape index (κ3) is 2.38. The molecule has 0 radical (unpaired) electrons. The fourth-order valence-electron chi connectivity index (χ4n) is 2.64. The van der Waals surface area contributed by atoms with Crippen LogP contribution in [0.1, 0.15) is 15.9 Å². The van der Waals surface area contributed by atoms with E-state index in [1.54, 1.807) is 30.2 Å². The fraction of sp³-hybridized carbons (Fsp3) is 0.188. The maximum absolute atomic E-state index is 12.7. The van der Waals surface area contributed by atoms with Crippen molar-refractivity contribution in [3.05, 3.63) is 52.0 Å². The van der Waals surface area contributed by atoms with Crippen molar-refractivity contribution in [3.63, 3.8) is 0 Å². The summed E-state index contributed by atoms with van der Waals surface area (Å²) >= 11 is 3.41. The number of amides is 1. The van der Waals surface area contributed by atoms with Gasteiger partial charge in [0.2, 0.25) is 0 Å². The minimum atomic E-state index is -0.0463. The lowest BCUT2D eigenvalue weighted by Gasteiger charge is -2.19. The van der Waals surface area contributed by atoms with Gasteiger partial charge in [0.15, 0.2) is 0 Å². The average Bonchev–Trinajstić information content (AvgIpc) is 2.92. The highest BCUT2D eigenvalue weighted by Gasteiger charge is 2.27. The van der Waals surface area contributed by atoms with Gasteiger partial charge in [-0.15, -0.1) is 0 Å². The van der Waals surface area contributed by atoms with Crippen molar-refractivity contribution < 1.29 is 9.53 Å². The normalized spacial score (nSPS) is 13.1. The van der Waals surface area contributed by atoms with E-state index in [0.29, 0.717) is 23.5 Å². The zero-order chi connectivity index (χ0) is 15.0. The molecule has 21 heavy (non-hydrogen) atoms. The van der Waals surface area contributed by atoms with Gasteiger partial charge in [-0.2, -0.15) is 0 Å². The average molecular weight is 347 g/mol. The molecule has 2 N–H and O–H groups in total. The molecule has 2 aromatic rings. The first-order valence-electron chi connectivity index (χ1n) is 6.64. The number of fused-ring (bicyclic) bond motifs is 1. The molecule has 1 aliphatic heterocycles. The Morgan fingerprint density at radius 2 is 2.14 bits per heavy atom. The molecule has 0 unspecified atom stereocenters. The van der Waals surface area contributed by atoms with Crippen molar-refractivity contribution in [1.29, 1.82) is 0 Å². The molecule has 1 heterocycles. The number of ether oxygens (including phenoxy) is 1. The molecule has 5 heteroatoms.